The van der Waals surface area contributed by atoms with Gasteiger partial charge < -0.3 is 10.0 Å². The Bertz CT molecular complexity index is 473. The summed E-state index contributed by atoms with van der Waals surface area (Å²) in [6.07, 6.45) is 3.79. The molecule has 0 aromatic heterocycles. The molecule has 0 saturated carbocycles. The van der Waals surface area contributed by atoms with Crippen molar-refractivity contribution >= 4 is 5.69 Å². The van der Waals surface area contributed by atoms with Gasteiger partial charge in [-0.3, -0.25) is 10.1 Å². The predicted molar refractivity (Wildman–Crippen MR) is 72.9 cm³/mol. The number of nitro benzene ring substituents is 1. The third kappa shape index (κ3) is 3.74. The molecular weight excluding hydrogens is 263 g/mol. The Morgan fingerprint density at radius 1 is 1.30 bits per heavy atom. The molecular formula is C14H19FN2O3. The van der Waals surface area contributed by atoms with Gasteiger partial charge in [-0.05, 0) is 37.6 Å². The maximum atomic E-state index is 13.3. The van der Waals surface area contributed by atoms with Crippen molar-refractivity contribution in [1.29, 1.82) is 0 Å². The summed E-state index contributed by atoms with van der Waals surface area (Å²) in [5.41, 5.74) is -0.195. The van der Waals surface area contributed by atoms with Crippen LogP contribution in [0.5, 0.6) is 0 Å². The minimum Gasteiger partial charge on any atom is -0.387 e. The summed E-state index contributed by atoms with van der Waals surface area (Å²) < 4.78 is 13.3. The van der Waals surface area contributed by atoms with Gasteiger partial charge in [0.2, 0.25) is 5.82 Å². The second kappa shape index (κ2) is 6.76. The first-order valence-corrected chi connectivity index (χ1v) is 6.92. The Labute approximate surface area is 117 Å². The van der Waals surface area contributed by atoms with Crippen LogP contribution in [0.15, 0.2) is 18.2 Å². The summed E-state index contributed by atoms with van der Waals surface area (Å²) in [4.78, 5) is 12.1. The molecule has 2 rings (SSSR count). The van der Waals surface area contributed by atoms with Crippen molar-refractivity contribution in [3.8, 4) is 0 Å². The number of likely N-dealkylation sites (tertiary alicyclic amines) is 1. The zero-order chi connectivity index (χ0) is 14.5. The maximum absolute atomic E-state index is 13.3. The molecule has 0 spiro atoms. The zero-order valence-corrected chi connectivity index (χ0v) is 11.3. The molecule has 1 aromatic carbocycles. The van der Waals surface area contributed by atoms with Crippen LogP contribution in [0.4, 0.5) is 10.1 Å². The average Bonchev–Trinajstić information content (AvgIpc) is 2.67. The third-order valence-corrected chi connectivity index (χ3v) is 3.68. The van der Waals surface area contributed by atoms with Crippen LogP contribution in [-0.4, -0.2) is 34.6 Å². The molecule has 1 atom stereocenters. The highest BCUT2D eigenvalue weighted by molar-refractivity contribution is 5.37. The van der Waals surface area contributed by atoms with Crippen LogP contribution in [0.25, 0.3) is 0 Å². The summed E-state index contributed by atoms with van der Waals surface area (Å²) in [5.74, 6) is -0.874. The van der Waals surface area contributed by atoms with Crippen LogP contribution in [0, 0.1) is 15.9 Å². The first-order chi connectivity index (χ1) is 9.58. The molecule has 1 aliphatic heterocycles. The van der Waals surface area contributed by atoms with Gasteiger partial charge in [0, 0.05) is 12.6 Å². The standard InChI is InChI=1S/C14H19FN2O3/c15-12-6-5-11(9-13(12)17(19)20)14(18)10-16-7-3-1-2-4-8-16/h5-6,9,14,18H,1-4,7-8,10H2. The summed E-state index contributed by atoms with van der Waals surface area (Å²) in [7, 11) is 0. The third-order valence-electron chi connectivity index (χ3n) is 3.68. The van der Waals surface area contributed by atoms with Crippen molar-refractivity contribution < 1.29 is 14.4 Å². The van der Waals surface area contributed by atoms with Crippen LogP contribution in [0.2, 0.25) is 0 Å². The Kier molecular flexibility index (Phi) is 5.03. The number of aliphatic hydroxyl groups is 1. The van der Waals surface area contributed by atoms with E-state index in [0.717, 1.165) is 38.1 Å². The smallest absolute Gasteiger partial charge is 0.305 e. The number of rotatable bonds is 4. The number of hydrogen-bond donors (Lipinski definition) is 1. The van der Waals surface area contributed by atoms with Crippen LogP contribution in [-0.2, 0) is 0 Å². The van der Waals surface area contributed by atoms with Gasteiger partial charge in [0.1, 0.15) is 0 Å². The molecule has 1 saturated heterocycles. The number of halogens is 1. The highest BCUT2D eigenvalue weighted by atomic mass is 19.1. The lowest BCUT2D eigenvalue weighted by atomic mass is 10.1. The molecule has 0 radical (unpaired) electrons. The molecule has 6 heteroatoms. The SMILES string of the molecule is O=[N+]([O-])c1cc(C(O)CN2CCCCCC2)ccc1F. The van der Waals surface area contributed by atoms with Gasteiger partial charge in [-0.25, -0.2) is 0 Å². The molecule has 1 aliphatic rings. The second-order valence-corrected chi connectivity index (χ2v) is 5.20. The molecule has 110 valence electrons. The number of hydrogen-bond acceptors (Lipinski definition) is 4. The summed E-state index contributed by atoms with van der Waals surface area (Å²) in [6.45, 7) is 2.30. The van der Waals surface area contributed by atoms with E-state index in [1.165, 1.54) is 18.9 Å². The Morgan fingerprint density at radius 2 is 1.95 bits per heavy atom. The molecule has 0 aliphatic carbocycles. The quantitative estimate of drug-likeness (QED) is 0.681. The number of benzene rings is 1. The monoisotopic (exact) mass is 282 g/mol. The van der Waals surface area contributed by atoms with E-state index >= 15 is 0 Å². The number of nitrogens with zero attached hydrogens (tertiary/aromatic N) is 2. The van der Waals surface area contributed by atoms with Crippen LogP contribution in [0.1, 0.15) is 37.4 Å². The van der Waals surface area contributed by atoms with E-state index in [0.29, 0.717) is 12.1 Å². The van der Waals surface area contributed by atoms with E-state index in [4.69, 9.17) is 0 Å². The fraction of sp³-hybridized carbons (Fsp3) is 0.571. The first-order valence-electron chi connectivity index (χ1n) is 6.92. The largest absolute Gasteiger partial charge is 0.387 e. The molecule has 1 heterocycles. The molecule has 20 heavy (non-hydrogen) atoms. The molecule has 1 fully saturated rings. The van der Waals surface area contributed by atoms with Gasteiger partial charge in [0.05, 0.1) is 11.0 Å². The average molecular weight is 282 g/mol. The molecule has 1 unspecified atom stereocenters. The number of nitro groups is 1. The Morgan fingerprint density at radius 3 is 2.55 bits per heavy atom. The fourth-order valence-corrected chi connectivity index (χ4v) is 2.55. The van der Waals surface area contributed by atoms with Crippen molar-refractivity contribution in [1.82, 2.24) is 4.90 Å². The van der Waals surface area contributed by atoms with Crippen molar-refractivity contribution in [2.24, 2.45) is 0 Å². The topological polar surface area (TPSA) is 66.6 Å². The van der Waals surface area contributed by atoms with Gasteiger partial charge in [-0.1, -0.05) is 18.9 Å². The van der Waals surface area contributed by atoms with Crippen LogP contribution in [0.3, 0.4) is 0 Å². The molecule has 5 nitrogen and oxygen atoms in total. The molecule has 0 bridgehead atoms. The lowest BCUT2D eigenvalue weighted by Gasteiger charge is -2.23. The van der Waals surface area contributed by atoms with Gasteiger partial charge in [0.15, 0.2) is 0 Å². The van der Waals surface area contributed by atoms with E-state index in [1.807, 2.05) is 0 Å². The highest BCUT2D eigenvalue weighted by Crippen LogP contribution is 2.24. The Balaban J connectivity index is 2.06. The minimum absolute atomic E-state index is 0.391. The second-order valence-electron chi connectivity index (χ2n) is 5.20. The number of β-amino-alcohol motifs (C(OH)–C–C–N with tert-alkyl or cyclic N) is 1. The van der Waals surface area contributed by atoms with Gasteiger partial charge >= 0.3 is 5.69 Å². The Hall–Kier alpha value is -1.53. The van der Waals surface area contributed by atoms with Crippen LogP contribution < -0.4 is 0 Å². The summed E-state index contributed by atoms with van der Waals surface area (Å²) in [5, 5.41) is 20.9. The predicted octanol–water partition coefficient (Wildman–Crippen LogP) is 2.64. The van der Waals surface area contributed by atoms with E-state index < -0.39 is 22.5 Å². The highest BCUT2D eigenvalue weighted by Gasteiger charge is 2.20. The van der Waals surface area contributed by atoms with E-state index in [2.05, 4.69) is 4.90 Å². The molecule has 1 aromatic rings. The molecule has 1 N–H and O–H groups in total. The summed E-state index contributed by atoms with van der Waals surface area (Å²) >= 11 is 0. The van der Waals surface area contributed by atoms with Gasteiger partial charge in [-0.2, -0.15) is 4.39 Å². The maximum Gasteiger partial charge on any atom is 0.305 e. The van der Waals surface area contributed by atoms with Crippen molar-refractivity contribution in [3.63, 3.8) is 0 Å². The fourth-order valence-electron chi connectivity index (χ4n) is 2.55. The lowest BCUT2D eigenvalue weighted by Crippen LogP contribution is -2.29. The van der Waals surface area contributed by atoms with Gasteiger partial charge in [0.25, 0.3) is 0 Å². The van der Waals surface area contributed by atoms with E-state index in [1.54, 1.807) is 0 Å². The van der Waals surface area contributed by atoms with E-state index in [-0.39, 0.29) is 0 Å². The zero-order valence-electron chi connectivity index (χ0n) is 11.3. The van der Waals surface area contributed by atoms with Gasteiger partial charge in [-0.15, -0.1) is 0 Å². The first kappa shape index (κ1) is 14.9. The van der Waals surface area contributed by atoms with E-state index in [9.17, 15) is 19.6 Å². The van der Waals surface area contributed by atoms with Crippen LogP contribution >= 0.6 is 0 Å². The number of aliphatic hydroxyl groups excluding tert-OH is 1. The van der Waals surface area contributed by atoms with Crippen molar-refractivity contribution in [2.75, 3.05) is 19.6 Å². The van der Waals surface area contributed by atoms with Crippen molar-refractivity contribution in [3.05, 3.63) is 39.7 Å². The minimum atomic E-state index is -0.874. The molecule has 0 amide bonds. The normalized spacial score (nSPS) is 18.5. The lowest BCUT2D eigenvalue weighted by molar-refractivity contribution is -0.387. The van der Waals surface area contributed by atoms with Crippen molar-refractivity contribution in [2.45, 2.75) is 31.8 Å². The summed E-state index contributed by atoms with van der Waals surface area (Å²) in [6, 6.07) is 3.57.